The van der Waals surface area contributed by atoms with Gasteiger partial charge in [-0.3, -0.25) is 4.52 Å². The zero-order chi connectivity index (χ0) is 11.7. The van der Waals surface area contributed by atoms with Crippen molar-refractivity contribution in [2.24, 2.45) is 5.73 Å². The molecular weight excluding hydrogens is 244 g/mol. The van der Waals surface area contributed by atoms with Crippen molar-refractivity contribution >= 4 is 16.9 Å². The van der Waals surface area contributed by atoms with Crippen molar-refractivity contribution < 1.29 is 28.3 Å². The van der Waals surface area contributed by atoms with Crippen molar-refractivity contribution in [1.29, 1.82) is 0 Å². The van der Waals surface area contributed by atoms with Crippen LogP contribution in [0.5, 0.6) is 0 Å². The summed E-state index contributed by atoms with van der Waals surface area (Å²) in [5.74, 6) is 0. The monoisotopic (exact) mass is 260 g/mol. The van der Waals surface area contributed by atoms with Crippen LogP contribution in [0.4, 0.5) is 0 Å². The van der Waals surface area contributed by atoms with E-state index in [9.17, 15) is 4.57 Å². The average molecular weight is 260 g/mol. The first kappa shape index (κ1) is 15.3. The summed E-state index contributed by atoms with van der Waals surface area (Å²) in [4.78, 5) is 25.6. The van der Waals surface area contributed by atoms with Gasteiger partial charge in [0.2, 0.25) is 6.29 Å². The first-order chi connectivity index (χ1) is 7.06. The zero-order valence-corrected chi connectivity index (χ0v) is 9.94. The Morgan fingerprint density at radius 1 is 1.33 bits per heavy atom. The minimum Gasteiger partial charge on any atom is -0.330 e. The van der Waals surface area contributed by atoms with Crippen LogP contribution in [0.1, 0.15) is 25.7 Å². The Morgan fingerprint density at radius 2 is 2.00 bits per heavy atom. The normalized spacial score (nSPS) is 14.3. The van der Waals surface area contributed by atoms with Crippen LogP contribution in [0, 0.1) is 0 Å². The molecule has 0 fully saturated rings. The second-order valence-electron chi connectivity index (χ2n) is 2.77. The van der Waals surface area contributed by atoms with Gasteiger partial charge >= 0.3 is 16.9 Å². The van der Waals surface area contributed by atoms with Crippen LogP contribution in [0.2, 0.25) is 0 Å². The molecule has 0 aromatic heterocycles. The van der Waals surface area contributed by atoms with Crippen LogP contribution in [-0.4, -0.2) is 27.5 Å². The van der Waals surface area contributed by atoms with Gasteiger partial charge in [0.15, 0.2) is 0 Å². The lowest BCUT2D eigenvalue weighted by molar-refractivity contribution is -0.0116. The van der Waals surface area contributed by atoms with E-state index in [-0.39, 0.29) is 0 Å². The molecule has 7 nitrogen and oxygen atoms in total. The third kappa shape index (κ3) is 10.6. The van der Waals surface area contributed by atoms with Crippen LogP contribution >= 0.6 is 16.9 Å². The Bertz CT molecular complexity index is 181. The van der Waals surface area contributed by atoms with Crippen LogP contribution in [0.3, 0.4) is 0 Å². The van der Waals surface area contributed by atoms with E-state index < -0.39 is 23.1 Å². The SMILES string of the molecule is NCCCCCC(OP(O)O)O[P+](=O)O. The first-order valence-corrected chi connectivity index (χ1v) is 6.73. The zero-order valence-electron chi connectivity index (χ0n) is 8.15. The smallest absolute Gasteiger partial charge is 0.330 e. The van der Waals surface area contributed by atoms with Crippen LogP contribution in [0.15, 0.2) is 0 Å². The van der Waals surface area contributed by atoms with E-state index in [2.05, 4.69) is 9.05 Å². The minimum absolute atomic E-state index is 0.321. The fraction of sp³-hybridized carbons (Fsp3) is 1.00. The molecule has 0 saturated carbocycles. The van der Waals surface area contributed by atoms with Gasteiger partial charge in [-0.05, 0) is 19.4 Å². The Kier molecular flexibility index (Phi) is 9.70. The third-order valence-electron chi connectivity index (χ3n) is 1.56. The maximum atomic E-state index is 10.3. The molecule has 15 heavy (non-hydrogen) atoms. The fourth-order valence-electron chi connectivity index (χ4n) is 0.963. The van der Waals surface area contributed by atoms with Gasteiger partial charge in [0.05, 0.1) is 0 Å². The van der Waals surface area contributed by atoms with Crippen molar-refractivity contribution in [3.05, 3.63) is 0 Å². The van der Waals surface area contributed by atoms with Crippen molar-refractivity contribution in [3.8, 4) is 0 Å². The summed E-state index contributed by atoms with van der Waals surface area (Å²) >= 11 is 0. The summed E-state index contributed by atoms with van der Waals surface area (Å²) in [6.07, 6.45) is 1.61. The third-order valence-corrected chi connectivity index (χ3v) is 2.40. The van der Waals surface area contributed by atoms with E-state index in [1.807, 2.05) is 0 Å². The van der Waals surface area contributed by atoms with Gasteiger partial charge in [-0.1, -0.05) is 10.9 Å². The molecule has 0 rings (SSSR count). The molecule has 0 aliphatic rings. The molecule has 5 N–H and O–H groups in total. The number of hydrogen-bond acceptors (Lipinski definition) is 6. The summed E-state index contributed by atoms with van der Waals surface area (Å²) in [5.41, 5.74) is 5.28. The Balaban J connectivity index is 3.74. The maximum Gasteiger partial charge on any atom is 0.697 e. The lowest BCUT2D eigenvalue weighted by Crippen LogP contribution is -2.11. The minimum atomic E-state index is -2.81. The van der Waals surface area contributed by atoms with Crippen molar-refractivity contribution in [1.82, 2.24) is 0 Å². The lowest BCUT2D eigenvalue weighted by atomic mass is 10.2. The molecule has 0 aromatic rings. The lowest BCUT2D eigenvalue weighted by Gasteiger charge is -2.11. The van der Waals surface area contributed by atoms with Crippen LogP contribution in [0.25, 0.3) is 0 Å². The number of unbranched alkanes of at least 4 members (excludes halogenated alkanes) is 2. The molecule has 0 spiro atoms. The van der Waals surface area contributed by atoms with E-state index in [1.54, 1.807) is 0 Å². The molecule has 0 heterocycles. The number of nitrogens with two attached hydrogens (primary N) is 1. The van der Waals surface area contributed by atoms with Gasteiger partial charge in [-0.25, -0.2) is 0 Å². The van der Waals surface area contributed by atoms with Gasteiger partial charge in [0.1, 0.15) is 0 Å². The number of rotatable bonds is 9. The van der Waals surface area contributed by atoms with Gasteiger partial charge in [0.25, 0.3) is 0 Å². The summed E-state index contributed by atoms with van der Waals surface area (Å²) in [7, 11) is -5.39. The quantitative estimate of drug-likeness (QED) is 0.274. The molecule has 2 unspecified atom stereocenters. The van der Waals surface area contributed by atoms with Crippen molar-refractivity contribution in [2.75, 3.05) is 6.54 Å². The van der Waals surface area contributed by atoms with Crippen LogP contribution < -0.4 is 5.73 Å². The Labute approximate surface area is 90.2 Å². The largest absolute Gasteiger partial charge is 0.697 e. The highest BCUT2D eigenvalue weighted by Gasteiger charge is 2.25. The van der Waals surface area contributed by atoms with E-state index in [1.165, 1.54) is 0 Å². The molecule has 2 atom stereocenters. The molecule has 0 radical (unpaired) electrons. The van der Waals surface area contributed by atoms with Gasteiger partial charge < -0.3 is 15.5 Å². The molecule has 0 amide bonds. The molecule has 0 aliphatic carbocycles. The molecule has 0 aromatic carbocycles. The molecule has 9 heteroatoms. The predicted molar refractivity (Wildman–Crippen MR) is 54.7 cm³/mol. The molecule has 0 saturated heterocycles. The first-order valence-electron chi connectivity index (χ1n) is 4.44. The topological polar surface area (TPSA) is 122 Å². The molecule has 0 aliphatic heterocycles. The van der Waals surface area contributed by atoms with Gasteiger partial charge in [-0.2, -0.15) is 0 Å². The Hall–Kier alpha value is 0.290. The van der Waals surface area contributed by atoms with Gasteiger partial charge in [-0.15, -0.1) is 4.89 Å². The van der Waals surface area contributed by atoms with Crippen molar-refractivity contribution in [2.45, 2.75) is 32.0 Å². The van der Waals surface area contributed by atoms with E-state index in [4.69, 9.17) is 20.4 Å². The highest BCUT2D eigenvalue weighted by atomic mass is 31.2. The van der Waals surface area contributed by atoms with Gasteiger partial charge in [0, 0.05) is 11.0 Å². The summed E-state index contributed by atoms with van der Waals surface area (Å²) < 4.78 is 19.3. The summed E-state index contributed by atoms with van der Waals surface area (Å²) in [6, 6.07) is 0. The van der Waals surface area contributed by atoms with E-state index in [0.717, 1.165) is 12.8 Å². The van der Waals surface area contributed by atoms with Crippen LogP contribution in [-0.2, 0) is 13.6 Å². The second kappa shape index (κ2) is 9.51. The number of hydrogen-bond donors (Lipinski definition) is 4. The summed E-state index contributed by atoms with van der Waals surface area (Å²) in [5, 5.41) is 0. The fourth-order valence-corrected chi connectivity index (χ4v) is 1.74. The average Bonchev–Trinajstić information content (AvgIpc) is 2.10. The highest BCUT2D eigenvalue weighted by molar-refractivity contribution is 7.39. The maximum absolute atomic E-state index is 10.3. The molecule has 90 valence electrons. The second-order valence-corrected chi connectivity index (χ2v) is 4.17. The molecular formula is C6H16NO6P2+. The standard InChI is InChI=1S/C6H15NO6P2/c7-5-3-1-2-4-6(12-14(8)9)13-15(10)11/h6,8-9H,1-5,7H2/p+1. The summed E-state index contributed by atoms with van der Waals surface area (Å²) in [6.45, 7) is 0.577. The Morgan fingerprint density at radius 3 is 2.47 bits per heavy atom. The van der Waals surface area contributed by atoms with E-state index >= 15 is 0 Å². The highest BCUT2D eigenvalue weighted by Crippen LogP contribution is 2.33. The van der Waals surface area contributed by atoms with E-state index in [0.29, 0.717) is 19.4 Å². The van der Waals surface area contributed by atoms with Crippen molar-refractivity contribution in [3.63, 3.8) is 0 Å². The molecule has 0 bridgehead atoms. The predicted octanol–water partition coefficient (Wildman–Crippen LogP) is 0.726.